The second kappa shape index (κ2) is 5.18. The van der Waals surface area contributed by atoms with Crippen LogP contribution >= 0.6 is 11.8 Å². The maximum atomic E-state index is 13.2. The summed E-state index contributed by atoms with van der Waals surface area (Å²) < 4.78 is 13.2. The second-order valence-corrected chi connectivity index (χ2v) is 4.76. The number of pyridine rings is 1. The molecule has 1 heterocycles. The third-order valence-electron chi connectivity index (χ3n) is 2.25. The largest absolute Gasteiger partial charge is 0.478 e. The van der Waals surface area contributed by atoms with E-state index in [2.05, 4.69) is 4.98 Å². The van der Waals surface area contributed by atoms with Crippen LogP contribution in [0.3, 0.4) is 0 Å². The minimum atomic E-state index is -1.27. The van der Waals surface area contributed by atoms with E-state index in [0.29, 0.717) is 4.90 Å². The first-order valence-electron chi connectivity index (χ1n) is 5.20. The molecule has 18 heavy (non-hydrogen) atoms. The Kier molecular flexibility index (Phi) is 3.62. The van der Waals surface area contributed by atoms with Crippen molar-refractivity contribution in [3.63, 3.8) is 0 Å². The number of benzene rings is 1. The van der Waals surface area contributed by atoms with Crippen molar-refractivity contribution in [3.05, 3.63) is 53.5 Å². The molecule has 2 aromatic rings. The summed E-state index contributed by atoms with van der Waals surface area (Å²) in [5.74, 6) is -2.00. The lowest BCUT2D eigenvalue weighted by molar-refractivity contribution is 0.0691. The lowest BCUT2D eigenvalue weighted by atomic mass is 10.2. The van der Waals surface area contributed by atoms with Gasteiger partial charge < -0.3 is 5.11 Å². The molecule has 0 aliphatic heterocycles. The molecule has 1 aromatic heterocycles. The van der Waals surface area contributed by atoms with Crippen molar-refractivity contribution < 1.29 is 14.3 Å². The van der Waals surface area contributed by atoms with Gasteiger partial charge in [0.15, 0.2) is 0 Å². The van der Waals surface area contributed by atoms with Crippen molar-refractivity contribution in [2.45, 2.75) is 16.8 Å². The fraction of sp³-hybridized carbons (Fsp3) is 0.0769. The predicted octanol–water partition coefficient (Wildman–Crippen LogP) is 3.38. The molecule has 0 aliphatic rings. The highest BCUT2D eigenvalue weighted by molar-refractivity contribution is 7.99. The highest BCUT2D eigenvalue weighted by Gasteiger charge is 2.11. The number of carbonyl (C=O) groups is 1. The Morgan fingerprint density at radius 2 is 2.11 bits per heavy atom. The van der Waals surface area contributed by atoms with Crippen LogP contribution in [0, 0.1) is 12.7 Å². The molecular weight excluding hydrogens is 253 g/mol. The van der Waals surface area contributed by atoms with Crippen LogP contribution in [-0.2, 0) is 0 Å². The van der Waals surface area contributed by atoms with Gasteiger partial charge in [0, 0.05) is 10.6 Å². The van der Waals surface area contributed by atoms with E-state index in [4.69, 9.17) is 5.11 Å². The summed E-state index contributed by atoms with van der Waals surface area (Å²) in [6, 6.07) is 9.57. The molecular formula is C13H10FNO2S. The van der Waals surface area contributed by atoms with Gasteiger partial charge in [0.1, 0.15) is 10.8 Å². The fourth-order valence-corrected chi connectivity index (χ4v) is 2.32. The molecule has 1 N–H and O–H groups in total. The number of rotatable bonds is 3. The van der Waals surface area contributed by atoms with Crippen molar-refractivity contribution in [1.82, 2.24) is 4.98 Å². The van der Waals surface area contributed by atoms with Gasteiger partial charge in [-0.05, 0) is 37.3 Å². The monoisotopic (exact) mass is 263 g/mol. The van der Waals surface area contributed by atoms with Gasteiger partial charge >= 0.3 is 5.97 Å². The van der Waals surface area contributed by atoms with E-state index in [1.165, 1.54) is 23.9 Å². The SMILES string of the molecule is Cc1cccc(Sc2ccc(F)c(C(=O)O)c2)n1. The molecule has 0 radical (unpaired) electrons. The number of carboxylic acid groups (broad SMARTS) is 1. The van der Waals surface area contributed by atoms with E-state index in [9.17, 15) is 9.18 Å². The summed E-state index contributed by atoms with van der Waals surface area (Å²) in [4.78, 5) is 15.7. The molecule has 0 bridgehead atoms. The van der Waals surface area contributed by atoms with Crippen LogP contribution in [0.1, 0.15) is 16.1 Å². The van der Waals surface area contributed by atoms with Crippen LogP contribution in [-0.4, -0.2) is 16.1 Å². The number of aryl methyl sites for hydroxylation is 1. The second-order valence-electron chi connectivity index (χ2n) is 3.67. The zero-order valence-electron chi connectivity index (χ0n) is 9.55. The Labute approximate surface area is 108 Å². The molecule has 0 amide bonds. The first-order chi connectivity index (χ1) is 8.56. The lowest BCUT2D eigenvalue weighted by Gasteiger charge is -2.04. The quantitative estimate of drug-likeness (QED) is 0.922. The molecule has 0 unspecified atom stereocenters. The number of nitrogens with zero attached hydrogens (tertiary/aromatic N) is 1. The van der Waals surface area contributed by atoms with Gasteiger partial charge in [0.25, 0.3) is 0 Å². The lowest BCUT2D eigenvalue weighted by Crippen LogP contribution is -2.00. The Bertz CT molecular complexity index is 601. The Hall–Kier alpha value is -1.88. The smallest absolute Gasteiger partial charge is 0.338 e. The molecule has 0 aliphatic carbocycles. The summed E-state index contributed by atoms with van der Waals surface area (Å²) in [6.45, 7) is 1.87. The molecule has 0 saturated heterocycles. The standard InChI is InChI=1S/C13H10FNO2S/c1-8-3-2-4-12(15-8)18-9-5-6-11(14)10(7-9)13(16)17/h2-7H,1H3,(H,16,17). The summed E-state index contributed by atoms with van der Waals surface area (Å²) in [6.07, 6.45) is 0. The van der Waals surface area contributed by atoms with Gasteiger partial charge in [-0.1, -0.05) is 17.8 Å². The van der Waals surface area contributed by atoms with Gasteiger partial charge in [-0.2, -0.15) is 0 Å². The van der Waals surface area contributed by atoms with Crippen LogP contribution in [0.2, 0.25) is 0 Å². The maximum absolute atomic E-state index is 13.2. The van der Waals surface area contributed by atoms with Crippen molar-refractivity contribution in [1.29, 1.82) is 0 Å². The molecule has 0 atom stereocenters. The molecule has 1 aromatic carbocycles. The minimum absolute atomic E-state index is 0.326. The van der Waals surface area contributed by atoms with Gasteiger partial charge in [0.2, 0.25) is 0 Å². The number of carboxylic acids is 1. The number of hydrogen-bond donors (Lipinski definition) is 1. The fourth-order valence-electron chi connectivity index (χ4n) is 1.43. The highest BCUT2D eigenvalue weighted by atomic mass is 32.2. The van der Waals surface area contributed by atoms with Gasteiger partial charge in [-0.15, -0.1) is 0 Å². The Morgan fingerprint density at radius 3 is 2.78 bits per heavy atom. The van der Waals surface area contributed by atoms with E-state index < -0.39 is 11.8 Å². The molecule has 2 rings (SSSR count). The van der Waals surface area contributed by atoms with Gasteiger partial charge in [-0.3, -0.25) is 0 Å². The minimum Gasteiger partial charge on any atom is -0.478 e. The van der Waals surface area contributed by atoms with Gasteiger partial charge in [0.05, 0.1) is 5.56 Å². The van der Waals surface area contributed by atoms with Crippen LogP contribution in [0.25, 0.3) is 0 Å². The summed E-state index contributed by atoms with van der Waals surface area (Å²) in [5.41, 5.74) is 0.549. The first kappa shape index (κ1) is 12.6. The zero-order chi connectivity index (χ0) is 13.1. The van der Waals surface area contributed by atoms with Crippen molar-refractivity contribution >= 4 is 17.7 Å². The number of aromatic nitrogens is 1. The van der Waals surface area contributed by atoms with E-state index in [1.807, 2.05) is 25.1 Å². The zero-order valence-corrected chi connectivity index (χ0v) is 10.4. The van der Waals surface area contributed by atoms with Crippen molar-refractivity contribution in [2.75, 3.05) is 0 Å². The third-order valence-corrected chi connectivity index (χ3v) is 3.18. The van der Waals surface area contributed by atoms with Crippen LogP contribution in [0.4, 0.5) is 4.39 Å². The highest BCUT2D eigenvalue weighted by Crippen LogP contribution is 2.27. The van der Waals surface area contributed by atoms with Crippen LogP contribution in [0.15, 0.2) is 46.3 Å². The number of hydrogen-bond acceptors (Lipinski definition) is 3. The summed E-state index contributed by atoms with van der Waals surface area (Å²) >= 11 is 1.30. The molecule has 0 saturated carbocycles. The topological polar surface area (TPSA) is 50.2 Å². The third kappa shape index (κ3) is 2.87. The molecule has 0 spiro atoms. The number of aromatic carboxylic acids is 1. The van der Waals surface area contributed by atoms with Crippen LogP contribution < -0.4 is 0 Å². The summed E-state index contributed by atoms with van der Waals surface area (Å²) in [7, 11) is 0. The van der Waals surface area contributed by atoms with Gasteiger partial charge in [-0.25, -0.2) is 14.2 Å². The van der Waals surface area contributed by atoms with E-state index in [0.717, 1.165) is 16.8 Å². The number of halogens is 1. The van der Waals surface area contributed by atoms with E-state index in [-0.39, 0.29) is 5.56 Å². The normalized spacial score (nSPS) is 10.3. The van der Waals surface area contributed by atoms with Crippen LogP contribution in [0.5, 0.6) is 0 Å². The average molecular weight is 263 g/mol. The van der Waals surface area contributed by atoms with E-state index >= 15 is 0 Å². The molecule has 5 heteroatoms. The molecule has 3 nitrogen and oxygen atoms in total. The molecule has 0 fully saturated rings. The Morgan fingerprint density at radius 1 is 1.33 bits per heavy atom. The summed E-state index contributed by atoms with van der Waals surface area (Å²) in [5, 5.41) is 9.58. The van der Waals surface area contributed by atoms with Crippen molar-refractivity contribution in [3.8, 4) is 0 Å². The first-order valence-corrected chi connectivity index (χ1v) is 6.02. The molecule has 92 valence electrons. The predicted molar refractivity (Wildman–Crippen MR) is 66.5 cm³/mol. The van der Waals surface area contributed by atoms with Crippen molar-refractivity contribution in [2.24, 2.45) is 0 Å². The Balaban J connectivity index is 2.30. The van der Waals surface area contributed by atoms with E-state index in [1.54, 1.807) is 0 Å². The average Bonchev–Trinajstić information content (AvgIpc) is 2.31. The maximum Gasteiger partial charge on any atom is 0.338 e.